The Labute approximate surface area is 109 Å². The van der Waals surface area contributed by atoms with E-state index in [1.165, 1.54) is 0 Å². The van der Waals surface area contributed by atoms with Crippen molar-refractivity contribution in [3.63, 3.8) is 0 Å². The third-order valence-corrected chi connectivity index (χ3v) is 4.81. The zero-order valence-corrected chi connectivity index (χ0v) is 11.3. The number of aliphatic hydroxyl groups excluding tert-OH is 1. The van der Waals surface area contributed by atoms with Gasteiger partial charge in [-0.2, -0.15) is 0 Å². The lowest BCUT2D eigenvalue weighted by atomic mass is 9.63. The fraction of sp³-hybridized carbons (Fsp3) is 0.500. The molecule has 4 heteroatoms. The average molecular weight is 305 g/mol. The maximum Gasteiger partial charge on any atom is 0.0858 e. The number of benzene rings is 1. The van der Waals surface area contributed by atoms with Crippen LogP contribution in [0.5, 0.6) is 0 Å². The van der Waals surface area contributed by atoms with Crippen LogP contribution in [0, 0.1) is 5.41 Å². The van der Waals surface area contributed by atoms with E-state index in [1.54, 1.807) is 6.07 Å². The summed E-state index contributed by atoms with van der Waals surface area (Å²) in [6, 6.07) is 5.54. The minimum Gasteiger partial charge on any atom is -0.388 e. The predicted octanol–water partition coefficient (Wildman–Crippen LogP) is 3.26. The minimum atomic E-state index is -0.486. The minimum absolute atomic E-state index is 0.118. The second-order valence-electron chi connectivity index (χ2n) is 4.50. The van der Waals surface area contributed by atoms with E-state index in [9.17, 15) is 5.11 Å². The van der Waals surface area contributed by atoms with Crippen LogP contribution in [0.25, 0.3) is 0 Å². The van der Waals surface area contributed by atoms with Crippen molar-refractivity contribution >= 4 is 27.5 Å². The van der Waals surface area contributed by atoms with E-state index < -0.39 is 6.10 Å². The molecule has 0 heterocycles. The Morgan fingerprint density at radius 1 is 1.50 bits per heavy atom. The van der Waals surface area contributed by atoms with Crippen molar-refractivity contribution in [3.8, 4) is 0 Å². The third kappa shape index (κ3) is 2.02. The van der Waals surface area contributed by atoms with Crippen LogP contribution in [-0.4, -0.2) is 11.7 Å². The number of halogens is 2. The standard InChI is InChI=1S/C12H15BrClNO/c13-9-6-8(2-3-10(9)14)11(16)12(7-15)4-1-5-12/h2-3,6,11,16H,1,4-5,7,15H2. The van der Waals surface area contributed by atoms with Crippen molar-refractivity contribution in [1.29, 1.82) is 0 Å². The van der Waals surface area contributed by atoms with Crippen LogP contribution in [0.4, 0.5) is 0 Å². The molecule has 88 valence electrons. The molecule has 0 bridgehead atoms. The first-order valence-electron chi connectivity index (χ1n) is 5.42. The van der Waals surface area contributed by atoms with Crippen LogP contribution in [0.1, 0.15) is 30.9 Å². The van der Waals surface area contributed by atoms with Gasteiger partial charge < -0.3 is 10.8 Å². The van der Waals surface area contributed by atoms with Crippen molar-refractivity contribution < 1.29 is 5.11 Å². The van der Waals surface area contributed by atoms with E-state index in [0.29, 0.717) is 11.6 Å². The molecule has 1 aliphatic rings. The Bertz CT molecular complexity index is 387. The summed E-state index contributed by atoms with van der Waals surface area (Å²) in [7, 11) is 0. The molecule has 0 aromatic heterocycles. The SMILES string of the molecule is NCC1(C(O)c2ccc(Cl)c(Br)c2)CCC1. The van der Waals surface area contributed by atoms with Crippen LogP contribution >= 0.6 is 27.5 Å². The van der Waals surface area contributed by atoms with Crippen molar-refractivity contribution in [2.45, 2.75) is 25.4 Å². The summed E-state index contributed by atoms with van der Waals surface area (Å²) in [6.07, 6.45) is 2.68. The number of nitrogens with two attached hydrogens (primary N) is 1. The second kappa shape index (κ2) is 4.65. The first-order valence-corrected chi connectivity index (χ1v) is 6.59. The van der Waals surface area contributed by atoms with E-state index in [-0.39, 0.29) is 5.41 Å². The topological polar surface area (TPSA) is 46.2 Å². The Kier molecular flexibility index (Phi) is 3.59. The molecule has 0 radical (unpaired) electrons. The highest BCUT2D eigenvalue weighted by Gasteiger charge is 2.42. The molecule has 2 rings (SSSR count). The van der Waals surface area contributed by atoms with E-state index in [2.05, 4.69) is 15.9 Å². The van der Waals surface area contributed by atoms with Crippen molar-refractivity contribution in [2.24, 2.45) is 11.1 Å². The van der Waals surface area contributed by atoms with Crippen molar-refractivity contribution in [2.75, 3.05) is 6.54 Å². The van der Waals surface area contributed by atoms with E-state index in [4.69, 9.17) is 17.3 Å². The van der Waals surface area contributed by atoms with Gasteiger partial charge in [-0.1, -0.05) is 24.1 Å². The molecule has 1 unspecified atom stereocenters. The molecular weight excluding hydrogens is 289 g/mol. The molecule has 1 saturated carbocycles. The van der Waals surface area contributed by atoms with Crippen LogP contribution in [0.3, 0.4) is 0 Å². The molecule has 1 atom stereocenters. The Hall–Kier alpha value is -0.0900. The van der Waals surface area contributed by atoms with Crippen molar-refractivity contribution in [1.82, 2.24) is 0 Å². The summed E-state index contributed by atoms with van der Waals surface area (Å²) < 4.78 is 0.817. The molecule has 0 amide bonds. The van der Waals surface area contributed by atoms with Gasteiger partial charge in [-0.05, 0) is 46.5 Å². The van der Waals surface area contributed by atoms with Crippen LogP contribution in [0.15, 0.2) is 22.7 Å². The first kappa shape index (κ1) is 12.4. The summed E-state index contributed by atoms with van der Waals surface area (Å²) in [5, 5.41) is 11.0. The summed E-state index contributed by atoms with van der Waals surface area (Å²) in [5.74, 6) is 0. The largest absolute Gasteiger partial charge is 0.388 e. The number of hydrogen-bond donors (Lipinski definition) is 2. The van der Waals surface area contributed by atoms with Gasteiger partial charge in [0, 0.05) is 16.4 Å². The Morgan fingerprint density at radius 2 is 2.19 bits per heavy atom. The average Bonchev–Trinajstić information content (AvgIpc) is 2.21. The molecule has 16 heavy (non-hydrogen) atoms. The fourth-order valence-corrected chi connectivity index (χ4v) is 2.77. The van der Waals surface area contributed by atoms with Gasteiger partial charge in [-0.15, -0.1) is 0 Å². The zero-order valence-electron chi connectivity index (χ0n) is 8.92. The molecule has 1 aromatic rings. The highest BCUT2D eigenvalue weighted by Crippen LogP contribution is 2.49. The summed E-state index contributed by atoms with van der Waals surface area (Å²) >= 11 is 9.30. The molecule has 2 nitrogen and oxygen atoms in total. The van der Waals surface area contributed by atoms with Crippen molar-refractivity contribution in [3.05, 3.63) is 33.3 Å². The molecule has 1 aliphatic carbocycles. The lowest BCUT2D eigenvalue weighted by molar-refractivity contribution is -0.0297. The molecule has 3 N–H and O–H groups in total. The zero-order chi connectivity index (χ0) is 11.8. The van der Waals surface area contributed by atoms with E-state index in [1.807, 2.05) is 12.1 Å². The van der Waals surface area contributed by atoms with Gasteiger partial charge in [0.1, 0.15) is 0 Å². The fourth-order valence-electron chi connectivity index (χ4n) is 2.26. The van der Waals surface area contributed by atoms with Crippen LogP contribution < -0.4 is 5.73 Å². The molecule has 0 saturated heterocycles. The Morgan fingerprint density at radius 3 is 2.62 bits per heavy atom. The Balaban J connectivity index is 2.26. The summed E-state index contributed by atoms with van der Waals surface area (Å²) in [4.78, 5) is 0. The number of aliphatic hydroxyl groups is 1. The van der Waals surface area contributed by atoms with Gasteiger partial charge in [-0.3, -0.25) is 0 Å². The molecule has 0 aliphatic heterocycles. The molecule has 1 fully saturated rings. The maximum atomic E-state index is 10.4. The normalized spacial score (nSPS) is 20.2. The van der Waals surface area contributed by atoms with E-state index >= 15 is 0 Å². The first-order chi connectivity index (χ1) is 7.59. The number of rotatable bonds is 3. The van der Waals surface area contributed by atoms with E-state index in [0.717, 1.165) is 29.3 Å². The lowest BCUT2D eigenvalue weighted by Gasteiger charge is -2.45. The maximum absolute atomic E-state index is 10.4. The summed E-state index contributed by atoms with van der Waals surface area (Å²) in [6.45, 7) is 0.536. The van der Waals surface area contributed by atoms with Gasteiger partial charge in [0.05, 0.1) is 11.1 Å². The van der Waals surface area contributed by atoms with Crippen LogP contribution in [0.2, 0.25) is 5.02 Å². The molecular formula is C12H15BrClNO. The van der Waals surface area contributed by atoms with Gasteiger partial charge in [0.15, 0.2) is 0 Å². The monoisotopic (exact) mass is 303 g/mol. The third-order valence-electron chi connectivity index (χ3n) is 3.60. The lowest BCUT2D eigenvalue weighted by Crippen LogP contribution is -2.42. The van der Waals surface area contributed by atoms with Gasteiger partial charge in [-0.25, -0.2) is 0 Å². The number of hydrogen-bond acceptors (Lipinski definition) is 2. The van der Waals surface area contributed by atoms with Crippen LogP contribution in [-0.2, 0) is 0 Å². The molecule has 0 spiro atoms. The summed E-state index contributed by atoms with van der Waals surface area (Å²) in [5.41, 5.74) is 6.55. The quantitative estimate of drug-likeness (QED) is 0.900. The van der Waals surface area contributed by atoms with Gasteiger partial charge in [0.2, 0.25) is 0 Å². The highest BCUT2D eigenvalue weighted by molar-refractivity contribution is 9.10. The molecule has 1 aromatic carbocycles. The van der Waals surface area contributed by atoms with Gasteiger partial charge >= 0.3 is 0 Å². The van der Waals surface area contributed by atoms with Gasteiger partial charge in [0.25, 0.3) is 0 Å². The highest BCUT2D eigenvalue weighted by atomic mass is 79.9. The predicted molar refractivity (Wildman–Crippen MR) is 69.5 cm³/mol. The second-order valence-corrected chi connectivity index (χ2v) is 5.76. The smallest absolute Gasteiger partial charge is 0.0858 e.